The molecule has 0 fully saturated rings. The largest absolute Gasteiger partial charge is 0.502 e. The van der Waals surface area contributed by atoms with Gasteiger partial charge in [-0.2, -0.15) is 0 Å². The van der Waals surface area contributed by atoms with E-state index in [-0.39, 0.29) is 12.2 Å². The first kappa shape index (κ1) is 11.9. The number of hydrogen-bond donors (Lipinski definition) is 2. The monoisotopic (exact) mass is 226 g/mol. The third-order valence-electron chi connectivity index (χ3n) is 1.74. The minimum absolute atomic E-state index is 0.0398. The van der Waals surface area contributed by atoms with Crippen LogP contribution in [0.3, 0.4) is 0 Å². The fourth-order valence-electron chi connectivity index (χ4n) is 1.01. The Bertz CT molecular complexity index is 418. The van der Waals surface area contributed by atoms with Crippen LogP contribution in [-0.2, 0) is 4.84 Å². The maximum atomic E-state index is 11.3. The van der Waals surface area contributed by atoms with Crippen molar-refractivity contribution in [3.8, 4) is 5.75 Å². The second-order valence-corrected chi connectivity index (χ2v) is 2.82. The van der Waals surface area contributed by atoms with E-state index in [1.165, 1.54) is 6.07 Å². The molecule has 7 heteroatoms. The van der Waals surface area contributed by atoms with Gasteiger partial charge in [-0.05, 0) is 19.1 Å². The first-order chi connectivity index (χ1) is 7.56. The average Bonchev–Trinajstić information content (AvgIpc) is 2.26. The van der Waals surface area contributed by atoms with Gasteiger partial charge in [0.2, 0.25) is 0 Å². The van der Waals surface area contributed by atoms with E-state index in [0.717, 1.165) is 12.1 Å². The Balaban J connectivity index is 2.94. The van der Waals surface area contributed by atoms with Crippen LogP contribution in [0.1, 0.15) is 17.3 Å². The van der Waals surface area contributed by atoms with Crippen molar-refractivity contribution in [2.24, 2.45) is 0 Å². The number of amides is 1. The van der Waals surface area contributed by atoms with Crippen molar-refractivity contribution in [2.45, 2.75) is 6.92 Å². The van der Waals surface area contributed by atoms with Crippen LogP contribution in [0.25, 0.3) is 0 Å². The normalized spacial score (nSPS) is 9.81. The third kappa shape index (κ3) is 2.67. The van der Waals surface area contributed by atoms with Crippen molar-refractivity contribution in [2.75, 3.05) is 6.61 Å². The molecular formula is C9H10N2O5. The number of nitrogens with one attached hydrogen (secondary N) is 1. The molecule has 1 aromatic carbocycles. The number of benzene rings is 1. The molecule has 7 nitrogen and oxygen atoms in total. The van der Waals surface area contributed by atoms with Gasteiger partial charge in [0.15, 0.2) is 5.75 Å². The molecule has 1 amide bonds. The Morgan fingerprint density at radius 2 is 2.31 bits per heavy atom. The van der Waals surface area contributed by atoms with Gasteiger partial charge >= 0.3 is 5.69 Å². The summed E-state index contributed by atoms with van der Waals surface area (Å²) in [6.45, 7) is 1.96. The van der Waals surface area contributed by atoms with E-state index in [4.69, 9.17) is 5.11 Å². The SMILES string of the molecule is CCONC(=O)c1ccc(O)c([N+](=O)[O-])c1. The predicted octanol–water partition coefficient (Wildman–Crippen LogP) is 0.982. The van der Waals surface area contributed by atoms with Gasteiger partial charge in [-0.15, -0.1) is 0 Å². The summed E-state index contributed by atoms with van der Waals surface area (Å²) in [5.41, 5.74) is 1.61. The summed E-state index contributed by atoms with van der Waals surface area (Å²) in [6.07, 6.45) is 0. The quantitative estimate of drug-likeness (QED) is 0.588. The molecule has 0 saturated heterocycles. The molecule has 0 aliphatic carbocycles. The number of hydrogen-bond acceptors (Lipinski definition) is 5. The number of aromatic hydroxyl groups is 1. The molecule has 16 heavy (non-hydrogen) atoms. The molecule has 2 N–H and O–H groups in total. The highest BCUT2D eigenvalue weighted by Crippen LogP contribution is 2.26. The highest BCUT2D eigenvalue weighted by molar-refractivity contribution is 5.94. The molecule has 86 valence electrons. The second kappa shape index (κ2) is 5.08. The lowest BCUT2D eigenvalue weighted by atomic mass is 10.2. The minimum Gasteiger partial charge on any atom is -0.502 e. The zero-order valence-electron chi connectivity index (χ0n) is 8.47. The van der Waals surface area contributed by atoms with Crippen molar-refractivity contribution >= 4 is 11.6 Å². The summed E-state index contributed by atoms with van der Waals surface area (Å²) < 4.78 is 0. The van der Waals surface area contributed by atoms with Gasteiger partial charge in [-0.1, -0.05) is 0 Å². The number of carbonyl (C=O) groups is 1. The number of hydroxylamine groups is 1. The van der Waals surface area contributed by atoms with E-state index in [1.54, 1.807) is 6.92 Å². The molecule has 1 aromatic rings. The number of nitrogens with zero attached hydrogens (tertiary/aromatic N) is 1. The van der Waals surface area contributed by atoms with Gasteiger partial charge in [0.25, 0.3) is 5.91 Å². The van der Waals surface area contributed by atoms with Crippen molar-refractivity contribution < 1.29 is 19.7 Å². The molecule has 0 aliphatic rings. The molecule has 0 saturated carbocycles. The van der Waals surface area contributed by atoms with Gasteiger partial charge in [0, 0.05) is 11.6 Å². The van der Waals surface area contributed by atoms with E-state index in [0.29, 0.717) is 0 Å². The lowest BCUT2D eigenvalue weighted by Crippen LogP contribution is -2.23. The number of nitro groups is 1. The highest BCUT2D eigenvalue weighted by Gasteiger charge is 2.16. The van der Waals surface area contributed by atoms with Crippen LogP contribution in [0.4, 0.5) is 5.69 Å². The van der Waals surface area contributed by atoms with Crippen LogP contribution >= 0.6 is 0 Å². The fourth-order valence-corrected chi connectivity index (χ4v) is 1.01. The molecule has 0 spiro atoms. The third-order valence-corrected chi connectivity index (χ3v) is 1.74. The maximum absolute atomic E-state index is 11.3. The molecule has 0 atom stereocenters. The molecule has 0 heterocycles. The predicted molar refractivity (Wildman–Crippen MR) is 53.9 cm³/mol. The summed E-state index contributed by atoms with van der Waals surface area (Å²) >= 11 is 0. The van der Waals surface area contributed by atoms with Gasteiger partial charge < -0.3 is 5.11 Å². The van der Waals surface area contributed by atoms with E-state index in [2.05, 4.69) is 10.3 Å². The van der Waals surface area contributed by atoms with Gasteiger partial charge in [0.1, 0.15) is 0 Å². The van der Waals surface area contributed by atoms with Crippen LogP contribution in [0, 0.1) is 10.1 Å². The highest BCUT2D eigenvalue weighted by atomic mass is 16.6. The standard InChI is InChI=1S/C9H10N2O5/c1-2-16-10-9(13)6-3-4-8(12)7(5-6)11(14)15/h3-5,12H,2H2,1H3,(H,10,13). The van der Waals surface area contributed by atoms with Crippen LogP contribution in [0.2, 0.25) is 0 Å². The zero-order chi connectivity index (χ0) is 12.1. The minimum atomic E-state index is -0.771. The van der Waals surface area contributed by atoms with Crippen LogP contribution < -0.4 is 5.48 Å². The van der Waals surface area contributed by atoms with Gasteiger partial charge in [-0.3, -0.25) is 19.7 Å². The lowest BCUT2D eigenvalue weighted by molar-refractivity contribution is -0.385. The Hall–Kier alpha value is -2.15. The molecule has 0 aliphatic heterocycles. The number of nitro benzene ring substituents is 1. The smallest absolute Gasteiger partial charge is 0.311 e. The number of carbonyl (C=O) groups excluding carboxylic acids is 1. The Kier molecular flexibility index (Phi) is 3.78. The molecule has 1 rings (SSSR count). The number of phenolic OH excluding ortho intramolecular Hbond substituents is 1. The lowest BCUT2D eigenvalue weighted by Gasteiger charge is -2.03. The van der Waals surface area contributed by atoms with Gasteiger partial charge in [-0.25, -0.2) is 5.48 Å². The van der Waals surface area contributed by atoms with E-state index in [1.807, 2.05) is 0 Å². The first-order valence-electron chi connectivity index (χ1n) is 4.45. The number of phenols is 1. The maximum Gasteiger partial charge on any atom is 0.311 e. The molecular weight excluding hydrogens is 216 g/mol. The topological polar surface area (TPSA) is 102 Å². The molecule has 0 aromatic heterocycles. The summed E-state index contributed by atoms with van der Waals surface area (Å²) in [7, 11) is 0. The second-order valence-electron chi connectivity index (χ2n) is 2.82. The Labute approximate surface area is 90.8 Å². The zero-order valence-corrected chi connectivity index (χ0v) is 8.47. The van der Waals surface area contributed by atoms with E-state index < -0.39 is 22.3 Å². The van der Waals surface area contributed by atoms with E-state index in [9.17, 15) is 14.9 Å². The summed E-state index contributed by atoms with van der Waals surface area (Å²) in [6, 6.07) is 3.32. The Morgan fingerprint density at radius 1 is 1.62 bits per heavy atom. The Morgan fingerprint density at radius 3 is 2.88 bits per heavy atom. The summed E-state index contributed by atoms with van der Waals surface area (Å²) in [5, 5.41) is 19.7. The van der Waals surface area contributed by atoms with Gasteiger partial charge in [0.05, 0.1) is 11.5 Å². The van der Waals surface area contributed by atoms with Crippen LogP contribution in [0.15, 0.2) is 18.2 Å². The van der Waals surface area contributed by atoms with E-state index >= 15 is 0 Å². The van der Waals surface area contributed by atoms with Crippen molar-refractivity contribution in [3.63, 3.8) is 0 Å². The van der Waals surface area contributed by atoms with Crippen LogP contribution in [0.5, 0.6) is 5.75 Å². The van der Waals surface area contributed by atoms with Crippen molar-refractivity contribution in [1.82, 2.24) is 5.48 Å². The summed E-state index contributed by atoms with van der Waals surface area (Å²) in [4.78, 5) is 25.7. The molecule has 0 bridgehead atoms. The van der Waals surface area contributed by atoms with Crippen LogP contribution in [-0.4, -0.2) is 22.5 Å². The number of rotatable bonds is 4. The average molecular weight is 226 g/mol. The molecule has 0 radical (unpaired) electrons. The van der Waals surface area contributed by atoms with Crippen molar-refractivity contribution in [1.29, 1.82) is 0 Å². The first-order valence-corrected chi connectivity index (χ1v) is 4.45. The summed E-state index contributed by atoms with van der Waals surface area (Å²) in [5.74, 6) is -1.09. The van der Waals surface area contributed by atoms with Crippen molar-refractivity contribution in [3.05, 3.63) is 33.9 Å². The molecule has 0 unspecified atom stereocenters. The fraction of sp³-hybridized carbons (Fsp3) is 0.222.